The molecule has 1 fully saturated rings. The molecule has 1 unspecified atom stereocenters. The molecule has 2 aromatic heterocycles. The predicted octanol–water partition coefficient (Wildman–Crippen LogP) is 1.61. The standard InChI is InChI=1S/C14H15F3N4O2/c1-20-11(4-5-18-20)12(22)7-21-13(23)9(14(15,16)17)6-10(19-21)8-2-3-8/h4-6,8,12,22H,2-3,7H2,1H3. The second kappa shape index (κ2) is 5.48. The summed E-state index contributed by atoms with van der Waals surface area (Å²) >= 11 is 0. The van der Waals surface area contributed by atoms with E-state index >= 15 is 0 Å². The Morgan fingerprint density at radius 3 is 2.65 bits per heavy atom. The highest BCUT2D eigenvalue weighted by Gasteiger charge is 2.37. The Morgan fingerprint density at radius 2 is 2.13 bits per heavy atom. The third kappa shape index (κ3) is 3.14. The molecule has 2 heterocycles. The van der Waals surface area contributed by atoms with Crippen molar-refractivity contribution in [2.75, 3.05) is 0 Å². The summed E-state index contributed by atoms with van der Waals surface area (Å²) in [7, 11) is 1.59. The fraction of sp³-hybridized carbons (Fsp3) is 0.500. The van der Waals surface area contributed by atoms with E-state index < -0.39 is 23.4 Å². The highest BCUT2D eigenvalue weighted by Crippen LogP contribution is 2.40. The molecule has 0 amide bonds. The smallest absolute Gasteiger partial charge is 0.385 e. The highest BCUT2D eigenvalue weighted by atomic mass is 19.4. The van der Waals surface area contributed by atoms with Crippen LogP contribution in [0, 0.1) is 0 Å². The molecule has 1 atom stereocenters. The van der Waals surface area contributed by atoms with Crippen LogP contribution < -0.4 is 5.56 Å². The van der Waals surface area contributed by atoms with Crippen molar-refractivity contribution >= 4 is 0 Å². The molecule has 0 aliphatic heterocycles. The van der Waals surface area contributed by atoms with Gasteiger partial charge in [-0.2, -0.15) is 23.4 Å². The molecular formula is C14H15F3N4O2. The van der Waals surface area contributed by atoms with Crippen molar-refractivity contribution in [3.05, 3.63) is 45.6 Å². The summed E-state index contributed by atoms with van der Waals surface area (Å²) in [6.07, 6.45) is -2.96. The van der Waals surface area contributed by atoms with Gasteiger partial charge in [-0.15, -0.1) is 0 Å². The van der Waals surface area contributed by atoms with Gasteiger partial charge in [0.1, 0.15) is 11.7 Å². The number of aliphatic hydroxyl groups excluding tert-OH is 1. The summed E-state index contributed by atoms with van der Waals surface area (Å²) in [5, 5.41) is 18.1. The van der Waals surface area contributed by atoms with E-state index in [0.717, 1.165) is 18.9 Å². The molecule has 3 rings (SSSR count). The van der Waals surface area contributed by atoms with Crippen molar-refractivity contribution in [1.29, 1.82) is 0 Å². The maximum Gasteiger partial charge on any atom is 0.421 e. The first-order chi connectivity index (χ1) is 10.8. The number of aryl methyl sites for hydroxylation is 1. The minimum atomic E-state index is -4.75. The highest BCUT2D eigenvalue weighted by molar-refractivity contribution is 5.22. The summed E-state index contributed by atoms with van der Waals surface area (Å²) < 4.78 is 41.2. The predicted molar refractivity (Wildman–Crippen MR) is 73.6 cm³/mol. The summed E-state index contributed by atoms with van der Waals surface area (Å²) in [6, 6.07) is 2.36. The monoisotopic (exact) mass is 328 g/mol. The summed E-state index contributed by atoms with van der Waals surface area (Å²) in [4.78, 5) is 12.0. The molecular weight excluding hydrogens is 313 g/mol. The van der Waals surface area contributed by atoms with E-state index in [1.165, 1.54) is 16.9 Å². The van der Waals surface area contributed by atoms with E-state index in [4.69, 9.17) is 0 Å². The van der Waals surface area contributed by atoms with Gasteiger partial charge in [0.2, 0.25) is 0 Å². The zero-order valence-electron chi connectivity index (χ0n) is 12.3. The summed E-state index contributed by atoms with van der Waals surface area (Å²) in [6.45, 7) is -0.359. The van der Waals surface area contributed by atoms with Crippen LogP contribution in [0.15, 0.2) is 23.1 Å². The number of nitrogens with zero attached hydrogens (tertiary/aromatic N) is 4. The number of alkyl halides is 3. The van der Waals surface area contributed by atoms with Gasteiger partial charge in [-0.3, -0.25) is 9.48 Å². The van der Waals surface area contributed by atoms with Crippen LogP contribution in [0.2, 0.25) is 0 Å². The van der Waals surface area contributed by atoms with Gasteiger partial charge < -0.3 is 5.11 Å². The number of rotatable bonds is 4. The fourth-order valence-corrected chi connectivity index (χ4v) is 2.44. The molecule has 1 aliphatic rings. The van der Waals surface area contributed by atoms with Crippen LogP contribution in [0.3, 0.4) is 0 Å². The zero-order valence-corrected chi connectivity index (χ0v) is 12.3. The number of aromatic nitrogens is 4. The van der Waals surface area contributed by atoms with Gasteiger partial charge in [0.05, 0.1) is 17.9 Å². The van der Waals surface area contributed by atoms with Gasteiger partial charge in [0.25, 0.3) is 5.56 Å². The van der Waals surface area contributed by atoms with E-state index in [2.05, 4.69) is 10.2 Å². The Balaban J connectivity index is 1.99. The van der Waals surface area contributed by atoms with Crippen LogP contribution >= 0.6 is 0 Å². The lowest BCUT2D eigenvalue weighted by Gasteiger charge is -2.15. The van der Waals surface area contributed by atoms with Crippen LogP contribution in [0.1, 0.15) is 41.8 Å². The average Bonchev–Trinajstić information content (AvgIpc) is 3.21. The molecule has 1 saturated carbocycles. The molecule has 9 heteroatoms. The van der Waals surface area contributed by atoms with E-state index in [1.54, 1.807) is 7.05 Å². The van der Waals surface area contributed by atoms with Gasteiger partial charge in [-0.25, -0.2) is 4.68 Å². The van der Waals surface area contributed by atoms with E-state index in [-0.39, 0.29) is 18.2 Å². The molecule has 0 radical (unpaired) electrons. The maximum absolute atomic E-state index is 13.0. The quantitative estimate of drug-likeness (QED) is 0.925. The van der Waals surface area contributed by atoms with Gasteiger partial charge in [-0.1, -0.05) is 0 Å². The third-order valence-electron chi connectivity index (χ3n) is 3.84. The van der Waals surface area contributed by atoms with Crippen molar-refractivity contribution in [1.82, 2.24) is 19.6 Å². The van der Waals surface area contributed by atoms with Crippen LogP contribution in [0.25, 0.3) is 0 Å². The Hall–Kier alpha value is -2.16. The molecule has 2 aromatic rings. The lowest BCUT2D eigenvalue weighted by atomic mass is 10.2. The number of aliphatic hydroxyl groups is 1. The first kappa shape index (κ1) is 15.7. The molecule has 124 valence electrons. The van der Waals surface area contributed by atoms with E-state index in [0.29, 0.717) is 10.4 Å². The lowest BCUT2D eigenvalue weighted by Crippen LogP contribution is -2.33. The van der Waals surface area contributed by atoms with Gasteiger partial charge in [-0.05, 0) is 25.0 Å². The Labute approximate surface area is 129 Å². The Morgan fingerprint density at radius 1 is 1.43 bits per heavy atom. The van der Waals surface area contributed by atoms with E-state index in [1.807, 2.05) is 0 Å². The molecule has 0 bridgehead atoms. The van der Waals surface area contributed by atoms with Crippen LogP contribution in [0.4, 0.5) is 13.2 Å². The normalized spacial score (nSPS) is 16.6. The lowest BCUT2D eigenvalue weighted by molar-refractivity contribution is -0.139. The molecule has 23 heavy (non-hydrogen) atoms. The molecule has 1 aliphatic carbocycles. The van der Waals surface area contributed by atoms with Crippen LogP contribution in [-0.2, 0) is 19.8 Å². The maximum atomic E-state index is 13.0. The number of hydrogen-bond donors (Lipinski definition) is 1. The van der Waals surface area contributed by atoms with Crippen LogP contribution in [-0.4, -0.2) is 24.7 Å². The number of halogens is 3. The fourth-order valence-electron chi connectivity index (χ4n) is 2.44. The first-order valence-corrected chi connectivity index (χ1v) is 7.12. The second-order valence-electron chi connectivity index (χ2n) is 5.64. The molecule has 0 saturated heterocycles. The van der Waals surface area contributed by atoms with Gasteiger partial charge >= 0.3 is 6.18 Å². The SMILES string of the molecule is Cn1nccc1C(O)Cn1nc(C2CC2)cc(C(F)(F)F)c1=O. The topological polar surface area (TPSA) is 72.9 Å². The van der Waals surface area contributed by atoms with Crippen molar-refractivity contribution < 1.29 is 18.3 Å². The molecule has 0 aromatic carbocycles. The summed E-state index contributed by atoms with van der Waals surface area (Å²) in [5.74, 6) is -0.0446. The molecule has 6 nitrogen and oxygen atoms in total. The molecule has 1 N–H and O–H groups in total. The Kier molecular flexibility index (Phi) is 3.75. The zero-order chi connectivity index (χ0) is 16.8. The van der Waals surface area contributed by atoms with Crippen molar-refractivity contribution in [3.8, 4) is 0 Å². The summed E-state index contributed by atoms with van der Waals surface area (Å²) in [5.41, 5.74) is -1.85. The number of hydrogen-bond acceptors (Lipinski definition) is 4. The minimum Gasteiger partial charge on any atom is -0.385 e. The largest absolute Gasteiger partial charge is 0.421 e. The Bertz CT molecular complexity index is 777. The van der Waals surface area contributed by atoms with Crippen molar-refractivity contribution in [3.63, 3.8) is 0 Å². The van der Waals surface area contributed by atoms with Gasteiger partial charge in [0, 0.05) is 19.2 Å². The average molecular weight is 328 g/mol. The van der Waals surface area contributed by atoms with Crippen molar-refractivity contribution in [2.45, 2.75) is 37.6 Å². The van der Waals surface area contributed by atoms with Gasteiger partial charge in [0.15, 0.2) is 0 Å². The first-order valence-electron chi connectivity index (χ1n) is 7.12. The second-order valence-corrected chi connectivity index (χ2v) is 5.64. The minimum absolute atomic E-state index is 0.0446. The van der Waals surface area contributed by atoms with Crippen LogP contribution in [0.5, 0.6) is 0 Å². The molecule has 0 spiro atoms. The van der Waals surface area contributed by atoms with Crippen molar-refractivity contribution in [2.24, 2.45) is 7.05 Å². The van der Waals surface area contributed by atoms with E-state index in [9.17, 15) is 23.1 Å². The third-order valence-corrected chi connectivity index (χ3v) is 3.84.